The molecule has 35 heavy (non-hydrogen) atoms. The van der Waals surface area contributed by atoms with Crippen molar-refractivity contribution in [1.82, 2.24) is 24.8 Å². The Morgan fingerprint density at radius 2 is 1.89 bits per heavy atom. The monoisotopic (exact) mass is 506 g/mol. The molecule has 1 aliphatic rings. The summed E-state index contributed by atoms with van der Waals surface area (Å²) in [6.07, 6.45) is -3.10. The van der Waals surface area contributed by atoms with Crippen LogP contribution >= 0.6 is 0 Å². The molecule has 1 aromatic carbocycles. The first-order chi connectivity index (χ1) is 16.6. The lowest BCUT2D eigenvalue weighted by Gasteiger charge is -2.16. The molecule has 0 spiro atoms. The summed E-state index contributed by atoms with van der Waals surface area (Å²) < 4.78 is 30.4. The number of sulfonamides is 1. The summed E-state index contributed by atoms with van der Waals surface area (Å²) in [7, 11) is -4.09. The number of aliphatic hydroxyl groups excluding tert-OH is 2. The molecule has 3 aromatic rings. The van der Waals surface area contributed by atoms with Crippen molar-refractivity contribution in [2.24, 2.45) is 5.14 Å². The van der Waals surface area contributed by atoms with Gasteiger partial charge in [-0.1, -0.05) is 12.1 Å². The summed E-state index contributed by atoms with van der Waals surface area (Å²) in [6.45, 7) is 2.01. The van der Waals surface area contributed by atoms with Crippen LogP contribution in [0.4, 0.5) is 16.3 Å². The number of para-hydroxylation sites is 1. The molecule has 4 atom stereocenters. The molecule has 186 valence electrons. The quantitative estimate of drug-likeness (QED) is 0.236. The van der Waals surface area contributed by atoms with Gasteiger partial charge in [-0.25, -0.2) is 33.3 Å². The van der Waals surface area contributed by atoms with Gasteiger partial charge in [-0.15, -0.1) is 0 Å². The van der Waals surface area contributed by atoms with E-state index in [1.54, 1.807) is 6.92 Å². The van der Waals surface area contributed by atoms with Crippen LogP contribution < -0.4 is 21.1 Å². The van der Waals surface area contributed by atoms with E-state index < -0.39 is 46.5 Å². The second kappa shape index (κ2) is 9.51. The van der Waals surface area contributed by atoms with Crippen molar-refractivity contribution < 1.29 is 33.0 Å². The lowest BCUT2D eigenvalue weighted by molar-refractivity contribution is -0.137. The van der Waals surface area contributed by atoms with Crippen LogP contribution in [0.25, 0.3) is 11.2 Å². The van der Waals surface area contributed by atoms with Gasteiger partial charge in [0.25, 0.3) is 5.91 Å². The number of fused-ring (bicyclic) bond motifs is 1. The molecule has 0 bridgehead atoms. The van der Waals surface area contributed by atoms with Gasteiger partial charge in [0.1, 0.15) is 23.4 Å². The molecule has 4 rings (SSSR count). The van der Waals surface area contributed by atoms with E-state index in [0.29, 0.717) is 6.54 Å². The van der Waals surface area contributed by atoms with Crippen LogP contribution in [-0.4, -0.2) is 74.9 Å². The first-order valence-corrected chi connectivity index (χ1v) is 11.8. The maximum Gasteiger partial charge on any atom is 0.324 e. The summed E-state index contributed by atoms with van der Waals surface area (Å²) >= 11 is 0. The normalized spacial score (nSPS) is 22.2. The molecule has 1 aliphatic heterocycles. The first-order valence-electron chi connectivity index (χ1n) is 10.3. The van der Waals surface area contributed by atoms with Gasteiger partial charge in [-0.2, -0.15) is 0 Å². The first kappa shape index (κ1) is 24.4. The standard InChI is InChI=1S/C19H22N8O7S/c1-2-21-17(30)14-12(28)13(29)18(34-14)27-8-24-11-15(22-7-23-16(11)27)26-19(31)25-9-5-3-4-6-10(9)35(20,32)33/h3-8,12-14,18,28-29H,2H2,1H3,(H,21,30)(H2,20,32,33)(H2,22,23,25,26,31)/t12?,13?,14-,18+/m0/s1. The topological polar surface area (TPSA) is 224 Å². The number of carbonyl (C=O) groups excluding carboxylic acids is 2. The van der Waals surface area contributed by atoms with Gasteiger partial charge in [0.05, 0.1) is 12.0 Å². The van der Waals surface area contributed by atoms with Gasteiger partial charge in [0.2, 0.25) is 10.0 Å². The average Bonchev–Trinajstić information content (AvgIpc) is 3.35. The second-order valence-electron chi connectivity index (χ2n) is 7.49. The third kappa shape index (κ3) is 4.77. The number of nitrogens with one attached hydrogen (secondary N) is 3. The van der Waals surface area contributed by atoms with Crippen LogP contribution in [0.2, 0.25) is 0 Å². The average molecular weight is 507 g/mol. The molecule has 2 unspecified atom stereocenters. The number of rotatable bonds is 6. The third-order valence-corrected chi connectivity index (χ3v) is 6.12. The summed E-state index contributed by atoms with van der Waals surface area (Å²) in [5, 5.41) is 33.3. The Morgan fingerprint density at radius 1 is 1.14 bits per heavy atom. The highest BCUT2D eigenvalue weighted by molar-refractivity contribution is 7.89. The number of likely N-dealkylation sites (N-methyl/N-ethyl adjacent to an activating group) is 1. The molecule has 3 amide bonds. The van der Waals surface area contributed by atoms with E-state index in [9.17, 15) is 28.2 Å². The van der Waals surface area contributed by atoms with Crippen molar-refractivity contribution in [3.63, 3.8) is 0 Å². The molecule has 15 nitrogen and oxygen atoms in total. The van der Waals surface area contributed by atoms with Crippen molar-refractivity contribution in [3.8, 4) is 0 Å². The predicted octanol–water partition coefficient (Wildman–Crippen LogP) is -1.13. The molecule has 1 saturated heterocycles. The maximum atomic E-state index is 12.5. The van der Waals surface area contributed by atoms with E-state index >= 15 is 0 Å². The zero-order valence-electron chi connectivity index (χ0n) is 18.2. The van der Waals surface area contributed by atoms with Gasteiger partial charge in [0, 0.05) is 6.54 Å². The number of aliphatic hydroxyl groups is 2. The van der Waals surface area contributed by atoms with Gasteiger partial charge in [-0.05, 0) is 19.1 Å². The number of hydrogen-bond donors (Lipinski definition) is 6. The highest BCUT2D eigenvalue weighted by atomic mass is 32.2. The van der Waals surface area contributed by atoms with Crippen LogP contribution in [0.3, 0.4) is 0 Å². The maximum absolute atomic E-state index is 12.5. The number of nitrogens with zero attached hydrogens (tertiary/aromatic N) is 4. The van der Waals surface area contributed by atoms with Gasteiger partial charge < -0.3 is 25.6 Å². The lowest BCUT2D eigenvalue weighted by atomic mass is 10.1. The van der Waals surface area contributed by atoms with E-state index in [4.69, 9.17) is 9.88 Å². The Balaban J connectivity index is 1.57. The summed E-state index contributed by atoms with van der Waals surface area (Å²) in [6, 6.07) is 4.74. The summed E-state index contributed by atoms with van der Waals surface area (Å²) in [5.74, 6) is -0.618. The number of nitrogens with two attached hydrogens (primary N) is 1. The van der Waals surface area contributed by atoms with E-state index in [2.05, 4.69) is 30.9 Å². The smallest absolute Gasteiger partial charge is 0.324 e. The largest absolute Gasteiger partial charge is 0.387 e. The number of anilines is 2. The minimum absolute atomic E-state index is 0.0346. The molecular formula is C19H22N8O7S. The fraction of sp³-hybridized carbons (Fsp3) is 0.316. The fourth-order valence-electron chi connectivity index (χ4n) is 3.59. The number of aromatic nitrogens is 4. The number of hydrogen-bond acceptors (Lipinski definition) is 10. The van der Waals surface area contributed by atoms with Gasteiger partial charge in [-0.3, -0.25) is 14.7 Å². The number of carbonyl (C=O) groups is 2. The van der Waals surface area contributed by atoms with Crippen LogP contribution in [0.5, 0.6) is 0 Å². The SMILES string of the molecule is CCNC(=O)[C@H]1O[C@@H](n2cnc3c(NC(=O)Nc4ccccc4S(N)(=O)=O)ncnc32)C(O)C1O. The number of urea groups is 1. The summed E-state index contributed by atoms with van der Waals surface area (Å²) in [4.78, 5) is 36.6. The Morgan fingerprint density at radius 3 is 2.60 bits per heavy atom. The number of benzene rings is 1. The van der Waals surface area contributed by atoms with E-state index in [1.165, 1.54) is 35.2 Å². The minimum atomic E-state index is -4.09. The van der Waals surface area contributed by atoms with Crippen LogP contribution in [0.15, 0.2) is 41.8 Å². The van der Waals surface area contributed by atoms with Crippen LogP contribution in [-0.2, 0) is 19.6 Å². The predicted molar refractivity (Wildman–Crippen MR) is 120 cm³/mol. The van der Waals surface area contributed by atoms with Crippen molar-refractivity contribution in [2.45, 2.75) is 36.4 Å². The molecule has 16 heteroatoms. The van der Waals surface area contributed by atoms with Gasteiger partial charge >= 0.3 is 6.03 Å². The highest BCUT2D eigenvalue weighted by Gasteiger charge is 2.47. The minimum Gasteiger partial charge on any atom is -0.387 e. The highest BCUT2D eigenvalue weighted by Crippen LogP contribution is 2.32. The van der Waals surface area contributed by atoms with Crippen molar-refractivity contribution in [3.05, 3.63) is 36.9 Å². The Hall–Kier alpha value is -3.70. The molecule has 2 aromatic heterocycles. The van der Waals surface area contributed by atoms with E-state index in [0.717, 1.165) is 6.33 Å². The van der Waals surface area contributed by atoms with Gasteiger partial charge in [0.15, 0.2) is 29.3 Å². The fourth-order valence-corrected chi connectivity index (χ4v) is 4.28. The molecule has 3 heterocycles. The van der Waals surface area contributed by atoms with Crippen LogP contribution in [0.1, 0.15) is 13.2 Å². The second-order valence-corrected chi connectivity index (χ2v) is 9.02. The molecule has 0 radical (unpaired) electrons. The van der Waals surface area contributed by atoms with Crippen molar-refractivity contribution in [2.75, 3.05) is 17.2 Å². The Kier molecular flexibility index (Phi) is 6.64. The number of ether oxygens (including phenoxy) is 1. The number of primary sulfonamides is 1. The van der Waals surface area contributed by atoms with E-state index in [1.807, 2.05) is 0 Å². The zero-order chi connectivity index (χ0) is 25.3. The molecule has 7 N–H and O–H groups in total. The van der Waals surface area contributed by atoms with Crippen LogP contribution in [0, 0.1) is 0 Å². The molecule has 0 aliphatic carbocycles. The van der Waals surface area contributed by atoms with Crippen molar-refractivity contribution >= 4 is 44.6 Å². The Bertz CT molecular complexity index is 1380. The third-order valence-electron chi connectivity index (χ3n) is 5.15. The molecule has 1 fully saturated rings. The van der Waals surface area contributed by atoms with E-state index in [-0.39, 0.29) is 27.6 Å². The van der Waals surface area contributed by atoms with Crippen molar-refractivity contribution in [1.29, 1.82) is 0 Å². The number of imidazole rings is 1. The Labute approximate surface area is 198 Å². The number of amides is 3. The summed E-state index contributed by atoms with van der Waals surface area (Å²) in [5.41, 5.74) is 0.193. The lowest BCUT2D eigenvalue weighted by Crippen LogP contribution is -2.42. The molecular weight excluding hydrogens is 484 g/mol. The molecule has 0 saturated carbocycles. The zero-order valence-corrected chi connectivity index (χ0v) is 19.0.